The van der Waals surface area contributed by atoms with E-state index in [9.17, 15) is 9.59 Å². The van der Waals surface area contributed by atoms with Gasteiger partial charge in [0.25, 0.3) is 5.56 Å². The smallest absolute Gasteiger partial charge is 0.345 e. The van der Waals surface area contributed by atoms with Gasteiger partial charge in [0.05, 0.1) is 17.8 Å². The van der Waals surface area contributed by atoms with Crippen LogP contribution in [-0.2, 0) is 4.74 Å². The van der Waals surface area contributed by atoms with Crippen molar-refractivity contribution in [1.82, 2.24) is 4.98 Å². The second-order valence-corrected chi connectivity index (χ2v) is 6.16. The van der Waals surface area contributed by atoms with E-state index in [1.807, 2.05) is 0 Å². The van der Waals surface area contributed by atoms with Crippen LogP contribution in [0.5, 0.6) is 0 Å². The molecule has 124 valence electrons. The highest BCUT2D eigenvalue weighted by Gasteiger charge is 2.20. The van der Waals surface area contributed by atoms with Crippen molar-refractivity contribution in [2.24, 2.45) is 5.92 Å². The van der Waals surface area contributed by atoms with E-state index < -0.39 is 11.5 Å². The fourth-order valence-electron chi connectivity index (χ4n) is 2.34. The van der Waals surface area contributed by atoms with Crippen molar-refractivity contribution in [3.8, 4) is 0 Å². The van der Waals surface area contributed by atoms with Crippen LogP contribution in [0.3, 0.4) is 0 Å². The molecular formula is C17H21ClN2O3. The normalized spacial score (nSPS) is 11.0. The second-order valence-electron chi connectivity index (χ2n) is 5.72. The molecule has 1 heterocycles. The van der Waals surface area contributed by atoms with Crippen LogP contribution in [0.4, 0.5) is 5.69 Å². The molecule has 1 aromatic carbocycles. The maximum atomic E-state index is 12.3. The van der Waals surface area contributed by atoms with Crippen LogP contribution in [-0.4, -0.2) is 24.1 Å². The monoisotopic (exact) mass is 336 g/mol. The number of hydrogen-bond donors (Lipinski definition) is 2. The zero-order valence-corrected chi connectivity index (χ0v) is 14.3. The quantitative estimate of drug-likeness (QED) is 0.787. The lowest BCUT2D eigenvalue weighted by atomic mass is 10.1. The first kappa shape index (κ1) is 17.3. The van der Waals surface area contributed by atoms with E-state index in [1.54, 1.807) is 25.1 Å². The van der Waals surface area contributed by atoms with Gasteiger partial charge in [0.2, 0.25) is 0 Å². The Kier molecular flexibility index (Phi) is 5.66. The molecule has 0 spiro atoms. The number of carbonyl (C=O) groups excluding carboxylic acids is 1. The predicted octanol–water partition coefficient (Wildman–Crippen LogP) is 3.82. The SMILES string of the molecule is CCOC(=O)c1c(NCCC(C)C)c2ccc(Cl)cc2[nH]c1=O. The lowest BCUT2D eigenvalue weighted by Crippen LogP contribution is -2.23. The Hall–Kier alpha value is -2.01. The Bertz CT molecular complexity index is 768. The molecule has 1 aromatic heterocycles. The van der Waals surface area contributed by atoms with Gasteiger partial charge in [-0.15, -0.1) is 0 Å². The van der Waals surface area contributed by atoms with E-state index in [0.717, 1.165) is 11.8 Å². The molecule has 0 bridgehead atoms. The van der Waals surface area contributed by atoms with Crippen LogP contribution in [0.1, 0.15) is 37.6 Å². The molecular weight excluding hydrogens is 316 g/mol. The van der Waals surface area contributed by atoms with E-state index in [1.165, 1.54) is 0 Å². The topological polar surface area (TPSA) is 71.2 Å². The van der Waals surface area contributed by atoms with Gasteiger partial charge in [-0.2, -0.15) is 0 Å². The van der Waals surface area contributed by atoms with Gasteiger partial charge >= 0.3 is 5.97 Å². The van der Waals surface area contributed by atoms with Crippen molar-refractivity contribution in [2.45, 2.75) is 27.2 Å². The number of nitrogens with one attached hydrogen (secondary N) is 2. The van der Waals surface area contributed by atoms with E-state index in [0.29, 0.717) is 28.7 Å². The molecule has 6 heteroatoms. The Labute approximate surface area is 140 Å². The number of carbonyl (C=O) groups is 1. The maximum absolute atomic E-state index is 12.3. The van der Waals surface area contributed by atoms with Gasteiger partial charge in [-0.05, 0) is 37.5 Å². The van der Waals surface area contributed by atoms with Crippen LogP contribution in [0.25, 0.3) is 10.9 Å². The minimum absolute atomic E-state index is 0.00503. The number of ether oxygens (including phenoxy) is 1. The van der Waals surface area contributed by atoms with Crippen molar-refractivity contribution in [1.29, 1.82) is 0 Å². The summed E-state index contributed by atoms with van der Waals surface area (Å²) in [7, 11) is 0. The predicted molar refractivity (Wildman–Crippen MR) is 93.5 cm³/mol. The Morgan fingerprint density at radius 3 is 2.78 bits per heavy atom. The zero-order chi connectivity index (χ0) is 17.0. The molecule has 5 nitrogen and oxygen atoms in total. The summed E-state index contributed by atoms with van der Waals surface area (Å²) >= 11 is 5.99. The number of fused-ring (bicyclic) bond motifs is 1. The summed E-state index contributed by atoms with van der Waals surface area (Å²) in [4.78, 5) is 27.2. The summed E-state index contributed by atoms with van der Waals surface area (Å²) in [6.07, 6.45) is 0.921. The van der Waals surface area contributed by atoms with Crippen LogP contribution >= 0.6 is 11.6 Å². The lowest BCUT2D eigenvalue weighted by Gasteiger charge is -2.15. The Morgan fingerprint density at radius 1 is 1.39 bits per heavy atom. The molecule has 0 radical (unpaired) electrons. The van der Waals surface area contributed by atoms with Gasteiger partial charge < -0.3 is 15.0 Å². The fraction of sp³-hybridized carbons (Fsp3) is 0.412. The molecule has 0 saturated heterocycles. The summed E-state index contributed by atoms with van der Waals surface area (Å²) in [6.45, 7) is 6.81. The molecule has 23 heavy (non-hydrogen) atoms. The summed E-state index contributed by atoms with van der Waals surface area (Å²) in [5, 5.41) is 4.48. The first-order valence-electron chi connectivity index (χ1n) is 7.70. The van der Waals surface area contributed by atoms with Crippen molar-refractivity contribution in [3.63, 3.8) is 0 Å². The highest BCUT2D eigenvalue weighted by Crippen LogP contribution is 2.27. The minimum atomic E-state index is -0.627. The Balaban J connectivity index is 2.57. The molecule has 0 atom stereocenters. The molecule has 0 saturated carbocycles. The number of halogens is 1. The number of hydrogen-bond acceptors (Lipinski definition) is 4. The number of anilines is 1. The van der Waals surface area contributed by atoms with E-state index in [2.05, 4.69) is 24.1 Å². The van der Waals surface area contributed by atoms with E-state index in [4.69, 9.17) is 16.3 Å². The Morgan fingerprint density at radius 2 is 2.13 bits per heavy atom. The summed E-state index contributed by atoms with van der Waals surface area (Å²) < 4.78 is 5.02. The third kappa shape index (κ3) is 4.05. The highest BCUT2D eigenvalue weighted by atomic mass is 35.5. The molecule has 0 unspecified atom stereocenters. The molecule has 0 aliphatic rings. The number of benzene rings is 1. The van der Waals surface area contributed by atoms with Gasteiger partial charge in [0.15, 0.2) is 0 Å². The number of aromatic nitrogens is 1. The van der Waals surface area contributed by atoms with Crippen LogP contribution in [0, 0.1) is 5.92 Å². The lowest BCUT2D eigenvalue weighted by molar-refractivity contribution is 0.0525. The number of aromatic amines is 1. The van der Waals surface area contributed by atoms with Crippen LogP contribution < -0.4 is 10.9 Å². The van der Waals surface area contributed by atoms with Crippen LogP contribution in [0.15, 0.2) is 23.0 Å². The molecule has 0 amide bonds. The first-order valence-corrected chi connectivity index (χ1v) is 8.08. The van der Waals surface area contributed by atoms with E-state index in [-0.39, 0.29) is 12.2 Å². The van der Waals surface area contributed by atoms with Gasteiger partial charge in [0.1, 0.15) is 5.56 Å². The van der Waals surface area contributed by atoms with Gasteiger partial charge in [0, 0.05) is 17.0 Å². The molecule has 2 N–H and O–H groups in total. The van der Waals surface area contributed by atoms with Crippen molar-refractivity contribution >= 4 is 34.2 Å². The number of pyridine rings is 1. The highest BCUT2D eigenvalue weighted by molar-refractivity contribution is 6.31. The molecule has 0 fully saturated rings. The third-order valence-electron chi connectivity index (χ3n) is 3.48. The number of rotatable bonds is 6. The van der Waals surface area contributed by atoms with Gasteiger partial charge in [-0.25, -0.2) is 4.79 Å². The molecule has 0 aliphatic carbocycles. The molecule has 2 rings (SSSR count). The average molecular weight is 337 g/mol. The largest absolute Gasteiger partial charge is 0.462 e. The minimum Gasteiger partial charge on any atom is -0.462 e. The average Bonchev–Trinajstić information content (AvgIpc) is 2.46. The van der Waals surface area contributed by atoms with Crippen molar-refractivity contribution in [2.75, 3.05) is 18.5 Å². The van der Waals surface area contributed by atoms with E-state index >= 15 is 0 Å². The fourth-order valence-corrected chi connectivity index (χ4v) is 2.51. The van der Waals surface area contributed by atoms with Crippen molar-refractivity contribution < 1.29 is 9.53 Å². The number of H-pyrrole nitrogens is 1. The standard InChI is InChI=1S/C17H21ClN2O3/c1-4-23-17(22)14-15(19-8-7-10(2)3)12-6-5-11(18)9-13(12)20-16(14)21/h5-6,9-10H,4,7-8H2,1-3H3,(H2,19,20,21). The first-order chi connectivity index (χ1) is 10.9. The summed E-state index contributed by atoms with van der Waals surface area (Å²) in [6, 6.07) is 5.18. The maximum Gasteiger partial charge on any atom is 0.345 e. The van der Waals surface area contributed by atoms with Crippen molar-refractivity contribution in [3.05, 3.63) is 39.1 Å². The zero-order valence-electron chi connectivity index (χ0n) is 13.5. The third-order valence-corrected chi connectivity index (χ3v) is 3.71. The molecule has 2 aromatic rings. The second kappa shape index (κ2) is 7.51. The summed E-state index contributed by atoms with van der Waals surface area (Å²) in [5.41, 5.74) is 0.609. The summed E-state index contributed by atoms with van der Waals surface area (Å²) in [5.74, 6) is -0.117. The van der Waals surface area contributed by atoms with Gasteiger partial charge in [-0.1, -0.05) is 25.4 Å². The van der Waals surface area contributed by atoms with Crippen LogP contribution in [0.2, 0.25) is 5.02 Å². The molecule has 0 aliphatic heterocycles. The number of esters is 1. The van der Waals surface area contributed by atoms with Gasteiger partial charge in [-0.3, -0.25) is 4.79 Å².